The predicted molar refractivity (Wildman–Crippen MR) is 185 cm³/mol. The molecule has 2 heterocycles. The summed E-state index contributed by atoms with van der Waals surface area (Å²) < 4.78 is 0. The van der Waals surface area contributed by atoms with Gasteiger partial charge in [-0.25, -0.2) is 0 Å². The van der Waals surface area contributed by atoms with E-state index < -0.39 is 0 Å². The van der Waals surface area contributed by atoms with Gasteiger partial charge < -0.3 is 25.3 Å². The minimum Gasteiger partial charge on any atom is -0.393 e. The molecule has 2 fully saturated rings. The van der Waals surface area contributed by atoms with Gasteiger partial charge in [-0.3, -0.25) is 9.59 Å². The van der Waals surface area contributed by atoms with Crippen LogP contribution in [0.25, 0.3) is 0 Å². The van der Waals surface area contributed by atoms with Gasteiger partial charge in [-0.15, -0.1) is 0 Å². The van der Waals surface area contributed by atoms with E-state index in [-0.39, 0.29) is 30.2 Å². The Bertz CT molecular complexity index is 1640. The number of aliphatic hydroxyl groups excluding tert-OH is 2. The predicted octanol–water partition coefficient (Wildman–Crippen LogP) is 6.86. The summed E-state index contributed by atoms with van der Waals surface area (Å²) in [4.78, 5) is 30.4. The molecule has 3 N–H and O–H groups in total. The molecule has 2 saturated heterocycles. The zero-order chi connectivity index (χ0) is 32.0. The second-order valence-electron chi connectivity index (χ2n) is 12.4. The molecule has 0 saturated carbocycles. The van der Waals surface area contributed by atoms with E-state index in [1.54, 1.807) is 0 Å². The third kappa shape index (κ3) is 7.97. The zero-order valence-corrected chi connectivity index (χ0v) is 26.6. The number of nitrogens with one attached hydrogen (secondary N) is 1. The smallest absolute Gasteiger partial charge is 0.167 e. The molecule has 7 nitrogen and oxygen atoms in total. The first-order valence-corrected chi connectivity index (χ1v) is 16.5. The lowest BCUT2D eigenvalue weighted by atomic mass is 10.0. The number of nitrogens with zero attached hydrogens (tertiary/aromatic N) is 2. The molecule has 6 rings (SSSR count). The molecule has 8 heteroatoms. The summed E-state index contributed by atoms with van der Waals surface area (Å²) in [6.07, 6.45) is 3.21. The number of anilines is 4. The summed E-state index contributed by atoms with van der Waals surface area (Å²) in [6.45, 7) is 3.29. The molecule has 0 aromatic heterocycles. The number of Topliss-reactive ketones (excluding diaryl/α,β-unsaturated/α-hetero) is 2. The van der Waals surface area contributed by atoms with Crippen LogP contribution in [0.4, 0.5) is 22.7 Å². The van der Waals surface area contributed by atoms with Crippen molar-refractivity contribution < 1.29 is 19.8 Å². The average Bonchev–Trinajstić information content (AvgIpc) is 3.08. The highest BCUT2D eigenvalue weighted by Crippen LogP contribution is 2.28. The normalized spacial score (nSPS) is 16.0. The number of hydrogen-bond donors (Lipinski definition) is 3. The molecular weight excluding hydrogens is 598 g/mol. The monoisotopic (exact) mass is 637 g/mol. The van der Waals surface area contributed by atoms with Crippen LogP contribution in [0.5, 0.6) is 0 Å². The maximum Gasteiger partial charge on any atom is 0.167 e. The van der Waals surface area contributed by atoms with Crippen LogP contribution in [0.15, 0.2) is 91.0 Å². The van der Waals surface area contributed by atoms with Crippen molar-refractivity contribution in [2.45, 2.75) is 50.7 Å². The molecule has 0 aliphatic carbocycles. The minimum atomic E-state index is -0.217. The third-order valence-electron chi connectivity index (χ3n) is 9.03. The highest BCUT2D eigenvalue weighted by Gasteiger charge is 2.19. The van der Waals surface area contributed by atoms with Crippen molar-refractivity contribution in [3.63, 3.8) is 0 Å². The van der Waals surface area contributed by atoms with Gasteiger partial charge in [-0.1, -0.05) is 29.8 Å². The van der Waals surface area contributed by atoms with Crippen molar-refractivity contribution in [3.8, 4) is 0 Å². The topological polar surface area (TPSA) is 93.1 Å². The maximum atomic E-state index is 13.0. The average molecular weight is 638 g/mol. The molecular formula is C38H40ClN3O4. The number of piperidine rings is 2. The van der Waals surface area contributed by atoms with Gasteiger partial charge in [0.1, 0.15) is 0 Å². The van der Waals surface area contributed by atoms with Crippen LogP contribution < -0.4 is 15.1 Å². The Morgan fingerprint density at radius 3 is 1.52 bits per heavy atom. The van der Waals surface area contributed by atoms with Crippen LogP contribution in [-0.4, -0.2) is 60.2 Å². The van der Waals surface area contributed by atoms with E-state index in [0.29, 0.717) is 22.6 Å². The highest BCUT2D eigenvalue weighted by atomic mass is 35.5. The molecule has 46 heavy (non-hydrogen) atoms. The molecule has 0 bridgehead atoms. The number of hydrogen-bond acceptors (Lipinski definition) is 7. The van der Waals surface area contributed by atoms with Crippen LogP contribution >= 0.6 is 11.6 Å². The summed E-state index contributed by atoms with van der Waals surface area (Å²) in [6, 6.07) is 28.8. The van der Waals surface area contributed by atoms with Gasteiger partial charge in [0, 0.05) is 67.2 Å². The Morgan fingerprint density at radius 2 is 1.07 bits per heavy atom. The number of carbonyl (C=O) groups is 2. The van der Waals surface area contributed by atoms with Gasteiger partial charge in [0.25, 0.3) is 0 Å². The van der Waals surface area contributed by atoms with Crippen molar-refractivity contribution in [1.82, 2.24) is 0 Å². The Hall–Kier alpha value is -4.17. The van der Waals surface area contributed by atoms with Crippen molar-refractivity contribution in [2.24, 2.45) is 0 Å². The number of ketones is 2. The number of aliphatic hydroxyl groups is 2. The first kappa shape index (κ1) is 31.8. The van der Waals surface area contributed by atoms with Gasteiger partial charge in [0.2, 0.25) is 0 Å². The molecule has 0 unspecified atom stereocenters. The summed E-state index contributed by atoms with van der Waals surface area (Å²) in [7, 11) is 0. The van der Waals surface area contributed by atoms with Crippen LogP contribution in [0.3, 0.4) is 0 Å². The molecule has 2 aliphatic heterocycles. The lowest BCUT2D eigenvalue weighted by Crippen LogP contribution is -2.35. The zero-order valence-electron chi connectivity index (χ0n) is 25.9. The van der Waals surface area contributed by atoms with E-state index >= 15 is 0 Å². The molecule has 0 radical (unpaired) electrons. The van der Waals surface area contributed by atoms with Crippen molar-refractivity contribution >= 4 is 45.9 Å². The summed E-state index contributed by atoms with van der Waals surface area (Å²) in [5.74, 6) is 0.0920. The summed E-state index contributed by atoms with van der Waals surface area (Å²) >= 11 is 6.60. The Balaban J connectivity index is 1.00. The second-order valence-corrected chi connectivity index (χ2v) is 12.8. The van der Waals surface area contributed by atoms with E-state index in [2.05, 4.69) is 15.1 Å². The lowest BCUT2D eigenvalue weighted by Gasteiger charge is -2.31. The SMILES string of the molecule is O=C(Cc1ccc(Nc2ccc(CC(=O)c3ccc(N4CCC(O)CC4)cc3)cc2Cl)cc1)c1ccc(N2CCC(O)CC2)cc1. The molecule has 4 aromatic carbocycles. The summed E-state index contributed by atoms with van der Waals surface area (Å²) in [5.41, 5.74) is 6.85. The van der Waals surface area contributed by atoms with Crippen molar-refractivity contribution in [1.29, 1.82) is 0 Å². The minimum absolute atomic E-state index is 0.0289. The van der Waals surface area contributed by atoms with E-state index in [9.17, 15) is 19.8 Å². The Morgan fingerprint density at radius 1 is 0.630 bits per heavy atom. The van der Waals surface area contributed by atoms with E-state index in [4.69, 9.17) is 11.6 Å². The van der Waals surface area contributed by atoms with Crippen molar-refractivity contribution in [2.75, 3.05) is 41.3 Å². The second kappa shape index (κ2) is 14.5. The van der Waals surface area contributed by atoms with Crippen molar-refractivity contribution in [3.05, 3.63) is 118 Å². The third-order valence-corrected chi connectivity index (χ3v) is 9.35. The lowest BCUT2D eigenvalue weighted by molar-refractivity contribution is 0.0985. The van der Waals surface area contributed by atoms with Crippen LogP contribution in [0.2, 0.25) is 5.02 Å². The van der Waals surface area contributed by atoms with E-state index in [1.165, 1.54) is 0 Å². The van der Waals surface area contributed by atoms with Gasteiger partial charge in [-0.05, 0) is 110 Å². The summed E-state index contributed by atoms with van der Waals surface area (Å²) in [5, 5.41) is 23.4. The van der Waals surface area contributed by atoms with E-state index in [1.807, 2.05) is 91.0 Å². The van der Waals surface area contributed by atoms with Crippen LogP contribution in [0, 0.1) is 0 Å². The number of benzene rings is 4. The molecule has 2 aliphatic rings. The number of carbonyl (C=O) groups excluding carboxylic acids is 2. The molecule has 4 aromatic rings. The van der Waals surface area contributed by atoms with E-state index in [0.717, 1.165) is 85.7 Å². The molecule has 238 valence electrons. The standard InChI is InChI=1S/C38H40ClN3O4/c39-35-23-27(25-38(46)29-6-12-32(13-7-29)42-21-17-34(44)18-22-42)3-14-36(35)40-30-8-1-26(2-9-30)24-37(45)28-4-10-31(11-5-28)41-19-15-33(43)16-20-41/h1-14,23,33-34,40,43-44H,15-22,24-25H2. The highest BCUT2D eigenvalue weighted by molar-refractivity contribution is 6.33. The van der Waals surface area contributed by atoms with Gasteiger partial charge in [0.15, 0.2) is 11.6 Å². The number of rotatable bonds is 10. The fourth-order valence-corrected chi connectivity index (χ4v) is 6.42. The fraction of sp³-hybridized carbons (Fsp3) is 0.316. The molecule has 0 spiro atoms. The quantitative estimate of drug-likeness (QED) is 0.164. The van der Waals surface area contributed by atoms with Gasteiger partial charge >= 0.3 is 0 Å². The Kier molecular flexibility index (Phi) is 10.0. The Labute approximate surface area is 275 Å². The van der Waals surface area contributed by atoms with Crippen LogP contribution in [0.1, 0.15) is 57.5 Å². The van der Waals surface area contributed by atoms with Gasteiger partial charge in [-0.2, -0.15) is 0 Å². The maximum absolute atomic E-state index is 13.0. The van der Waals surface area contributed by atoms with Crippen LogP contribution in [-0.2, 0) is 12.8 Å². The molecule has 0 amide bonds. The molecule has 0 atom stereocenters. The first-order valence-electron chi connectivity index (χ1n) is 16.1. The van der Waals surface area contributed by atoms with Gasteiger partial charge in [0.05, 0.1) is 22.9 Å². The fourth-order valence-electron chi connectivity index (χ4n) is 6.17. The largest absolute Gasteiger partial charge is 0.393 e. The number of halogens is 1. The first-order chi connectivity index (χ1) is 22.3.